The molecule has 1 heterocycles. The van der Waals surface area contributed by atoms with Crippen molar-refractivity contribution in [1.82, 2.24) is 0 Å². The molecule has 0 saturated carbocycles. The van der Waals surface area contributed by atoms with Gasteiger partial charge in [-0.1, -0.05) is 30.7 Å². The summed E-state index contributed by atoms with van der Waals surface area (Å²) in [7, 11) is 0. The first-order chi connectivity index (χ1) is 7.86. The van der Waals surface area contributed by atoms with Crippen LogP contribution in [0.25, 0.3) is 0 Å². The van der Waals surface area contributed by atoms with Crippen LogP contribution in [0, 0.1) is 0 Å². The highest BCUT2D eigenvalue weighted by Crippen LogP contribution is 2.17. The van der Waals surface area contributed by atoms with E-state index in [4.69, 9.17) is 21.1 Å². The molecule has 2 nitrogen and oxygen atoms in total. The molecule has 0 aromatic heterocycles. The van der Waals surface area contributed by atoms with E-state index in [1.165, 1.54) is 12.0 Å². The van der Waals surface area contributed by atoms with E-state index in [2.05, 4.69) is 19.1 Å². The first-order valence-electron chi connectivity index (χ1n) is 6.05. The molecule has 0 spiro atoms. The minimum atomic E-state index is -0.0540. The van der Waals surface area contributed by atoms with Crippen molar-refractivity contribution in [2.45, 2.75) is 51.4 Å². The van der Waals surface area contributed by atoms with Crippen LogP contribution < -0.4 is 0 Å². The Hall–Kier alpha value is -0.310. The highest BCUT2D eigenvalue weighted by atomic mass is 35.5. The van der Waals surface area contributed by atoms with Crippen LogP contribution in [-0.4, -0.2) is 19.0 Å². The fourth-order valence-corrected chi connectivity index (χ4v) is 1.83. The molecule has 16 heavy (non-hydrogen) atoms. The number of hydrogen-bond acceptors (Lipinski definition) is 2. The van der Waals surface area contributed by atoms with Gasteiger partial charge in [-0.25, -0.2) is 0 Å². The normalized spacial score (nSPS) is 24.2. The van der Waals surface area contributed by atoms with Crippen LogP contribution in [0.1, 0.15) is 39.0 Å². The van der Waals surface area contributed by atoms with Gasteiger partial charge in [0.1, 0.15) is 0 Å². The SMILES string of the molecule is CC/C=C\C[C@@H](/C=C/Cl)OC1CCCCO1. The molecule has 3 heteroatoms. The molecule has 0 bridgehead atoms. The summed E-state index contributed by atoms with van der Waals surface area (Å²) in [5.41, 5.74) is 1.52. The summed E-state index contributed by atoms with van der Waals surface area (Å²) in [5, 5.41) is 0. The number of halogens is 1. The van der Waals surface area contributed by atoms with E-state index in [0.29, 0.717) is 0 Å². The Kier molecular flexibility index (Phi) is 7.56. The van der Waals surface area contributed by atoms with Crippen molar-refractivity contribution in [3.05, 3.63) is 23.8 Å². The van der Waals surface area contributed by atoms with E-state index >= 15 is 0 Å². The zero-order valence-electron chi connectivity index (χ0n) is 9.90. The minimum Gasteiger partial charge on any atom is -0.353 e. The molecular weight excluding hydrogens is 224 g/mol. The van der Waals surface area contributed by atoms with Gasteiger partial charge in [0.2, 0.25) is 0 Å². The number of rotatable bonds is 6. The molecule has 1 fully saturated rings. The smallest absolute Gasteiger partial charge is 0.158 e. The van der Waals surface area contributed by atoms with Crippen molar-refractivity contribution in [2.24, 2.45) is 0 Å². The molecule has 1 rings (SSSR count). The van der Waals surface area contributed by atoms with Gasteiger partial charge in [0.15, 0.2) is 6.29 Å². The fraction of sp³-hybridized carbons (Fsp3) is 0.692. The Balaban J connectivity index is 2.33. The minimum absolute atomic E-state index is 0.0309. The molecule has 0 aromatic carbocycles. The Labute approximate surface area is 103 Å². The van der Waals surface area contributed by atoms with Crippen LogP contribution in [0.4, 0.5) is 0 Å². The van der Waals surface area contributed by atoms with E-state index in [-0.39, 0.29) is 12.4 Å². The summed E-state index contributed by atoms with van der Waals surface area (Å²) in [5.74, 6) is 0. The molecule has 1 aliphatic heterocycles. The predicted octanol–water partition coefficient (Wildman–Crippen LogP) is 4.01. The van der Waals surface area contributed by atoms with Gasteiger partial charge in [0.05, 0.1) is 6.10 Å². The topological polar surface area (TPSA) is 18.5 Å². The standard InChI is InChI=1S/C13H21ClO2/c1-2-3-4-7-12(9-10-14)16-13-8-5-6-11-15-13/h3-4,9-10,12-13H,2,5-8,11H2,1H3/b4-3-,10-9+/t12-,13?/m0/s1. The first-order valence-corrected chi connectivity index (χ1v) is 6.49. The number of hydrogen-bond donors (Lipinski definition) is 0. The van der Waals surface area contributed by atoms with E-state index in [1.807, 2.05) is 6.08 Å². The van der Waals surface area contributed by atoms with Gasteiger partial charge in [-0.05, 0) is 38.2 Å². The first kappa shape index (κ1) is 13.8. The van der Waals surface area contributed by atoms with Crippen molar-refractivity contribution in [1.29, 1.82) is 0 Å². The van der Waals surface area contributed by atoms with Gasteiger partial charge in [-0.2, -0.15) is 0 Å². The van der Waals surface area contributed by atoms with Crippen molar-refractivity contribution in [3.8, 4) is 0 Å². The summed E-state index contributed by atoms with van der Waals surface area (Å²) in [6, 6.07) is 0. The van der Waals surface area contributed by atoms with Crippen molar-refractivity contribution in [2.75, 3.05) is 6.61 Å². The average molecular weight is 245 g/mol. The average Bonchev–Trinajstić information content (AvgIpc) is 2.31. The molecule has 92 valence electrons. The van der Waals surface area contributed by atoms with Gasteiger partial charge in [-0.3, -0.25) is 0 Å². The van der Waals surface area contributed by atoms with Gasteiger partial charge < -0.3 is 9.47 Å². The maximum atomic E-state index is 5.83. The molecule has 1 aliphatic rings. The van der Waals surface area contributed by atoms with Crippen LogP contribution in [0.2, 0.25) is 0 Å². The second-order valence-corrected chi connectivity index (χ2v) is 4.16. The van der Waals surface area contributed by atoms with Gasteiger partial charge in [0, 0.05) is 12.1 Å². The third-order valence-corrected chi connectivity index (χ3v) is 2.67. The zero-order chi connectivity index (χ0) is 11.6. The summed E-state index contributed by atoms with van der Waals surface area (Å²) >= 11 is 5.60. The largest absolute Gasteiger partial charge is 0.353 e. The lowest BCUT2D eigenvalue weighted by Crippen LogP contribution is -2.26. The van der Waals surface area contributed by atoms with Crippen LogP contribution in [0.15, 0.2) is 23.8 Å². The number of ether oxygens (including phenoxy) is 2. The predicted molar refractivity (Wildman–Crippen MR) is 67.5 cm³/mol. The van der Waals surface area contributed by atoms with E-state index < -0.39 is 0 Å². The fourth-order valence-electron chi connectivity index (χ4n) is 1.67. The molecule has 1 saturated heterocycles. The van der Waals surface area contributed by atoms with Crippen LogP contribution in [0.5, 0.6) is 0 Å². The Bertz CT molecular complexity index is 220. The summed E-state index contributed by atoms with van der Waals surface area (Å²) < 4.78 is 11.4. The van der Waals surface area contributed by atoms with Crippen molar-refractivity contribution < 1.29 is 9.47 Å². The quantitative estimate of drug-likeness (QED) is 0.658. The van der Waals surface area contributed by atoms with Crippen LogP contribution in [0.3, 0.4) is 0 Å². The molecule has 2 atom stereocenters. The second-order valence-electron chi connectivity index (χ2n) is 3.90. The molecular formula is C13H21ClO2. The van der Waals surface area contributed by atoms with Crippen molar-refractivity contribution in [3.63, 3.8) is 0 Å². The van der Waals surface area contributed by atoms with Gasteiger partial charge in [-0.15, -0.1) is 0 Å². The number of allylic oxidation sites excluding steroid dienone is 1. The van der Waals surface area contributed by atoms with Crippen LogP contribution in [-0.2, 0) is 9.47 Å². The van der Waals surface area contributed by atoms with Gasteiger partial charge >= 0.3 is 0 Å². The Morgan fingerprint density at radius 1 is 1.44 bits per heavy atom. The second kappa shape index (κ2) is 8.80. The Morgan fingerprint density at radius 3 is 2.94 bits per heavy atom. The van der Waals surface area contributed by atoms with E-state index in [0.717, 1.165) is 32.3 Å². The lowest BCUT2D eigenvalue weighted by atomic mass is 10.2. The molecule has 0 amide bonds. The third-order valence-electron chi connectivity index (χ3n) is 2.52. The summed E-state index contributed by atoms with van der Waals surface area (Å²) in [4.78, 5) is 0. The van der Waals surface area contributed by atoms with Crippen LogP contribution >= 0.6 is 11.6 Å². The third kappa shape index (κ3) is 5.69. The summed E-state index contributed by atoms with van der Waals surface area (Å²) in [6.45, 7) is 2.93. The molecule has 0 radical (unpaired) electrons. The summed E-state index contributed by atoms with van der Waals surface area (Å²) in [6.07, 6.45) is 11.4. The highest BCUT2D eigenvalue weighted by molar-refractivity contribution is 6.25. The maximum absolute atomic E-state index is 5.83. The maximum Gasteiger partial charge on any atom is 0.158 e. The molecule has 0 aromatic rings. The molecule has 1 unspecified atom stereocenters. The molecule has 0 aliphatic carbocycles. The monoisotopic (exact) mass is 244 g/mol. The van der Waals surface area contributed by atoms with E-state index in [9.17, 15) is 0 Å². The molecule has 0 N–H and O–H groups in total. The zero-order valence-corrected chi connectivity index (χ0v) is 10.7. The lowest BCUT2D eigenvalue weighted by Gasteiger charge is -2.25. The van der Waals surface area contributed by atoms with Crippen molar-refractivity contribution >= 4 is 11.6 Å². The highest BCUT2D eigenvalue weighted by Gasteiger charge is 2.17. The Morgan fingerprint density at radius 2 is 2.31 bits per heavy atom. The van der Waals surface area contributed by atoms with Gasteiger partial charge in [0.25, 0.3) is 0 Å². The lowest BCUT2D eigenvalue weighted by molar-refractivity contribution is -0.177. The van der Waals surface area contributed by atoms with E-state index in [1.54, 1.807) is 0 Å².